The van der Waals surface area contributed by atoms with E-state index in [-0.39, 0.29) is 5.82 Å². The molecule has 0 fully saturated rings. The Morgan fingerprint density at radius 3 is 2.33 bits per heavy atom. The highest BCUT2D eigenvalue weighted by Gasteiger charge is 2.06. The summed E-state index contributed by atoms with van der Waals surface area (Å²) < 4.78 is 29.4. The second kappa shape index (κ2) is 10.5. The van der Waals surface area contributed by atoms with E-state index >= 15 is 0 Å². The van der Waals surface area contributed by atoms with Gasteiger partial charge in [0.1, 0.15) is 18.2 Å². The SMILES string of the molecule is COc1ccc(CN/N=C\c2cc(Cl)ccc2OCc2ccc(F)cc2)cc1OC. The molecular weight excluding hydrogens is 407 g/mol. The van der Waals surface area contributed by atoms with Gasteiger partial charge in [-0.15, -0.1) is 0 Å². The van der Waals surface area contributed by atoms with Crippen molar-refractivity contribution in [2.24, 2.45) is 5.10 Å². The monoisotopic (exact) mass is 428 g/mol. The number of rotatable bonds is 9. The van der Waals surface area contributed by atoms with Crippen LogP contribution in [-0.4, -0.2) is 20.4 Å². The fourth-order valence-electron chi connectivity index (χ4n) is 2.74. The lowest BCUT2D eigenvalue weighted by Crippen LogP contribution is -2.06. The van der Waals surface area contributed by atoms with E-state index in [4.69, 9.17) is 25.8 Å². The van der Waals surface area contributed by atoms with E-state index in [2.05, 4.69) is 10.5 Å². The highest BCUT2D eigenvalue weighted by molar-refractivity contribution is 6.30. The maximum atomic E-state index is 13.0. The molecule has 0 unspecified atom stereocenters. The number of hydrogen-bond donors (Lipinski definition) is 1. The molecule has 0 atom stereocenters. The summed E-state index contributed by atoms with van der Waals surface area (Å²) in [6, 6.07) is 17.1. The third kappa shape index (κ3) is 5.87. The van der Waals surface area contributed by atoms with E-state index in [9.17, 15) is 4.39 Å². The number of methoxy groups -OCH3 is 2. The van der Waals surface area contributed by atoms with E-state index in [1.54, 1.807) is 50.8 Å². The number of hydrazone groups is 1. The summed E-state index contributed by atoms with van der Waals surface area (Å²) in [6.45, 7) is 0.811. The van der Waals surface area contributed by atoms with Gasteiger partial charge >= 0.3 is 0 Å². The van der Waals surface area contributed by atoms with Crippen molar-refractivity contribution in [3.8, 4) is 17.2 Å². The second-order valence-corrected chi connectivity index (χ2v) is 6.82. The van der Waals surface area contributed by atoms with Gasteiger partial charge in [0.2, 0.25) is 0 Å². The lowest BCUT2D eigenvalue weighted by molar-refractivity contribution is 0.305. The predicted octanol–water partition coefficient (Wildman–Crippen LogP) is 5.20. The Balaban J connectivity index is 1.63. The summed E-state index contributed by atoms with van der Waals surface area (Å²) in [5.74, 6) is 1.68. The zero-order valence-electron chi connectivity index (χ0n) is 16.7. The van der Waals surface area contributed by atoms with Crippen LogP contribution in [0.25, 0.3) is 0 Å². The zero-order valence-corrected chi connectivity index (χ0v) is 17.4. The first kappa shape index (κ1) is 21.5. The minimum absolute atomic E-state index is 0.279. The molecule has 0 saturated carbocycles. The molecular formula is C23H22ClFN2O3. The van der Waals surface area contributed by atoms with Crippen LogP contribution in [0.3, 0.4) is 0 Å². The van der Waals surface area contributed by atoms with Gasteiger partial charge in [-0.1, -0.05) is 29.8 Å². The largest absolute Gasteiger partial charge is 0.493 e. The van der Waals surface area contributed by atoms with Crippen LogP contribution in [0.5, 0.6) is 17.2 Å². The van der Waals surface area contributed by atoms with Gasteiger partial charge in [-0.3, -0.25) is 0 Å². The zero-order chi connectivity index (χ0) is 21.3. The molecule has 156 valence electrons. The molecule has 0 aliphatic heterocycles. The van der Waals surface area contributed by atoms with E-state index in [0.717, 1.165) is 16.7 Å². The first-order chi connectivity index (χ1) is 14.6. The first-order valence-corrected chi connectivity index (χ1v) is 9.60. The fraction of sp³-hybridized carbons (Fsp3) is 0.174. The highest BCUT2D eigenvalue weighted by Crippen LogP contribution is 2.27. The van der Waals surface area contributed by atoms with Crippen LogP contribution in [-0.2, 0) is 13.2 Å². The van der Waals surface area contributed by atoms with Crippen molar-refractivity contribution in [2.75, 3.05) is 14.2 Å². The van der Waals surface area contributed by atoms with Crippen molar-refractivity contribution >= 4 is 17.8 Å². The molecule has 0 bridgehead atoms. The molecule has 0 heterocycles. The van der Waals surface area contributed by atoms with Gasteiger partial charge in [-0.05, 0) is 53.6 Å². The van der Waals surface area contributed by atoms with Crippen LogP contribution in [0.4, 0.5) is 4.39 Å². The smallest absolute Gasteiger partial charge is 0.161 e. The summed E-state index contributed by atoms with van der Waals surface area (Å²) in [5.41, 5.74) is 5.58. The molecule has 0 spiro atoms. The normalized spacial score (nSPS) is 10.8. The van der Waals surface area contributed by atoms with Crippen molar-refractivity contribution in [3.05, 3.63) is 88.2 Å². The standard InChI is InChI=1S/C23H22ClFN2O3/c1-28-22-9-5-17(11-23(22)29-2)13-26-27-14-18-12-19(24)6-10-21(18)30-15-16-3-7-20(25)8-4-16/h3-12,14,26H,13,15H2,1-2H3/b27-14-. The molecule has 0 amide bonds. The summed E-state index contributed by atoms with van der Waals surface area (Å²) in [7, 11) is 3.20. The van der Waals surface area contributed by atoms with Crippen molar-refractivity contribution in [1.82, 2.24) is 5.43 Å². The Hall–Kier alpha value is -3.25. The summed E-state index contributed by atoms with van der Waals surface area (Å²) in [4.78, 5) is 0. The molecule has 0 radical (unpaired) electrons. The molecule has 7 heteroatoms. The van der Waals surface area contributed by atoms with Gasteiger partial charge in [-0.25, -0.2) is 4.39 Å². The third-order valence-corrected chi connectivity index (χ3v) is 4.54. The van der Waals surface area contributed by atoms with Crippen LogP contribution in [0.2, 0.25) is 5.02 Å². The molecule has 3 aromatic carbocycles. The molecule has 0 aromatic heterocycles. The first-order valence-electron chi connectivity index (χ1n) is 9.22. The molecule has 0 aliphatic rings. The number of halogens is 2. The average Bonchev–Trinajstić information content (AvgIpc) is 2.77. The third-order valence-electron chi connectivity index (χ3n) is 4.31. The van der Waals surface area contributed by atoms with Crippen molar-refractivity contribution in [2.45, 2.75) is 13.2 Å². The van der Waals surface area contributed by atoms with Gasteiger partial charge in [-0.2, -0.15) is 5.10 Å². The van der Waals surface area contributed by atoms with Crippen LogP contribution in [0, 0.1) is 5.82 Å². The van der Waals surface area contributed by atoms with Gasteiger partial charge in [0, 0.05) is 10.6 Å². The Bertz CT molecular complexity index is 1010. The number of nitrogens with zero attached hydrogens (tertiary/aromatic N) is 1. The highest BCUT2D eigenvalue weighted by atomic mass is 35.5. The quantitative estimate of drug-likeness (QED) is 0.376. The van der Waals surface area contributed by atoms with E-state index < -0.39 is 0 Å². The summed E-state index contributed by atoms with van der Waals surface area (Å²) in [5, 5.41) is 4.84. The fourth-order valence-corrected chi connectivity index (χ4v) is 2.92. The lowest BCUT2D eigenvalue weighted by Gasteiger charge is -2.10. The van der Waals surface area contributed by atoms with E-state index in [1.807, 2.05) is 18.2 Å². The Kier molecular flexibility index (Phi) is 7.51. The lowest BCUT2D eigenvalue weighted by atomic mass is 10.2. The predicted molar refractivity (Wildman–Crippen MR) is 116 cm³/mol. The molecule has 5 nitrogen and oxygen atoms in total. The molecule has 3 rings (SSSR count). The van der Waals surface area contributed by atoms with Crippen molar-refractivity contribution < 1.29 is 18.6 Å². The van der Waals surface area contributed by atoms with E-state index in [0.29, 0.717) is 35.4 Å². The van der Waals surface area contributed by atoms with Gasteiger partial charge in [0.25, 0.3) is 0 Å². The second-order valence-electron chi connectivity index (χ2n) is 6.38. The van der Waals surface area contributed by atoms with Gasteiger partial charge in [0.15, 0.2) is 11.5 Å². The Morgan fingerprint density at radius 1 is 0.900 bits per heavy atom. The number of ether oxygens (including phenoxy) is 3. The van der Waals surface area contributed by atoms with Crippen LogP contribution in [0.1, 0.15) is 16.7 Å². The Labute approximate surface area is 180 Å². The van der Waals surface area contributed by atoms with Crippen LogP contribution in [0.15, 0.2) is 65.8 Å². The van der Waals surface area contributed by atoms with Crippen LogP contribution < -0.4 is 19.6 Å². The number of hydrogen-bond acceptors (Lipinski definition) is 5. The summed E-state index contributed by atoms with van der Waals surface area (Å²) >= 11 is 6.12. The summed E-state index contributed by atoms with van der Waals surface area (Å²) in [6.07, 6.45) is 1.65. The minimum Gasteiger partial charge on any atom is -0.493 e. The molecule has 0 saturated heterocycles. The van der Waals surface area contributed by atoms with E-state index in [1.165, 1.54) is 12.1 Å². The molecule has 0 aliphatic carbocycles. The maximum absolute atomic E-state index is 13.0. The van der Waals surface area contributed by atoms with Gasteiger partial charge in [0.05, 0.1) is 27.0 Å². The van der Waals surface area contributed by atoms with Crippen molar-refractivity contribution in [3.63, 3.8) is 0 Å². The topological polar surface area (TPSA) is 52.1 Å². The van der Waals surface area contributed by atoms with Crippen molar-refractivity contribution in [1.29, 1.82) is 0 Å². The molecule has 1 N–H and O–H groups in total. The maximum Gasteiger partial charge on any atom is 0.161 e. The minimum atomic E-state index is -0.279. The number of benzene rings is 3. The molecule has 3 aromatic rings. The molecule has 30 heavy (non-hydrogen) atoms. The average molecular weight is 429 g/mol. The van der Waals surface area contributed by atoms with Crippen LogP contribution >= 0.6 is 11.6 Å². The Morgan fingerprint density at radius 2 is 1.60 bits per heavy atom. The number of nitrogens with one attached hydrogen (secondary N) is 1. The van der Waals surface area contributed by atoms with Gasteiger partial charge < -0.3 is 19.6 Å².